The van der Waals surface area contributed by atoms with Crippen LogP contribution in [0.2, 0.25) is 5.02 Å². The molecule has 0 N–H and O–H groups in total. The third-order valence-corrected chi connectivity index (χ3v) is 3.55. The van der Waals surface area contributed by atoms with Gasteiger partial charge in [-0.25, -0.2) is 4.79 Å². The van der Waals surface area contributed by atoms with Crippen molar-refractivity contribution in [1.82, 2.24) is 4.90 Å². The Labute approximate surface area is 131 Å². The van der Waals surface area contributed by atoms with Gasteiger partial charge in [0.05, 0.1) is 0 Å². The lowest BCUT2D eigenvalue weighted by atomic mass is 10.0. The SMILES string of the molecule is CC(C)(C)OC(=O)N1CCC(=Cc2ccc(Cl)cc2)CC1. The van der Waals surface area contributed by atoms with Gasteiger partial charge >= 0.3 is 6.09 Å². The highest BCUT2D eigenvalue weighted by atomic mass is 35.5. The molecule has 1 aliphatic heterocycles. The molecule has 3 nitrogen and oxygen atoms in total. The second-order valence-corrected chi connectivity index (χ2v) is 6.76. The molecule has 1 aliphatic rings. The van der Waals surface area contributed by atoms with Gasteiger partial charge in [0.25, 0.3) is 0 Å². The molecular formula is C17H22ClNO2. The lowest BCUT2D eigenvalue weighted by molar-refractivity contribution is 0.0237. The number of nitrogens with zero attached hydrogens (tertiary/aromatic N) is 1. The summed E-state index contributed by atoms with van der Waals surface area (Å²) >= 11 is 5.88. The first-order valence-electron chi connectivity index (χ1n) is 7.26. The van der Waals surface area contributed by atoms with E-state index < -0.39 is 5.60 Å². The van der Waals surface area contributed by atoms with Crippen molar-refractivity contribution in [3.8, 4) is 0 Å². The van der Waals surface area contributed by atoms with Gasteiger partial charge in [0, 0.05) is 18.1 Å². The summed E-state index contributed by atoms with van der Waals surface area (Å²) in [4.78, 5) is 13.8. The van der Waals surface area contributed by atoms with Crippen molar-refractivity contribution < 1.29 is 9.53 Å². The van der Waals surface area contributed by atoms with Crippen LogP contribution in [0.15, 0.2) is 29.8 Å². The molecule has 0 saturated carbocycles. The highest BCUT2D eigenvalue weighted by Gasteiger charge is 2.24. The lowest BCUT2D eigenvalue weighted by Crippen LogP contribution is -2.40. The summed E-state index contributed by atoms with van der Waals surface area (Å²) in [6.07, 6.45) is 3.75. The van der Waals surface area contributed by atoms with Crippen LogP contribution in [0.4, 0.5) is 4.79 Å². The molecule has 114 valence electrons. The minimum Gasteiger partial charge on any atom is -0.444 e. The molecule has 0 spiro atoms. The second-order valence-electron chi connectivity index (χ2n) is 6.32. The van der Waals surface area contributed by atoms with Crippen LogP contribution in [0.3, 0.4) is 0 Å². The van der Waals surface area contributed by atoms with E-state index in [2.05, 4.69) is 6.08 Å². The van der Waals surface area contributed by atoms with Gasteiger partial charge < -0.3 is 9.64 Å². The molecule has 0 radical (unpaired) electrons. The number of hydrogen-bond donors (Lipinski definition) is 0. The van der Waals surface area contributed by atoms with E-state index in [0.717, 1.165) is 23.4 Å². The molecule has 0 aliphatic carbocycles. The van der Waals surface area contributed by atoms with E-state index in [1.54, 1.807) is 4.90 Å². The van der Waals surface area contributed by atoms with Crippen LogP contribution in [0, 0.1) is 0 Å². The summed E-state index contributed by atoms with van der Waals surface area (Å²) in [5.74, 6) is 0. The van der Waals surface area contributed by atoms with Gasteiger partial charge in [0.2, 0.25) is 0 Å². The van der Waals surface area contributed by atoms with Gasteiger partial charge in [0.15, 0.2) is 0 Å². The number of likely N-dealkylation sites (tertiary alicyclic amines) is 1. The number of rotatable bonds is 1. The number of benzene rings is 1. The first kappa shape index (κ1) is 15.9. The molecule has 0 aromatic heterocycles. The monoisotopic (exact) mass is 307 g/mol. The molecule has 1 saturated heterocycles. The molecule has 1 amide bonds. The third kappa shape index (κ3) is 5.09. The third-order valence-electron chi connectivity index (χ3n) is 3.30. The average Bonchev–Trinajstić information content (AvgIpc) is 2.40. The maximum atomic E-state index is 12.0. The number of amides is 1. The van der Waals surface area contributed by atoms with Gasteiger partial charge in [-0.15, -0.1) is 0 Å². The van der Waals surface area contributed by atoms with E-state index in [4.69, 9.17) is 16.3 Å². The summed E-state index contributed by atoms with van der Waals surface area (Å²) < 4.78 is 5.40. The van der Waals surface area contributed by atoms with Crippen LogP contribution in [-0.2, 0) is 4.74 Å². The molecule has 1 aromatic rings. The van der Waals surface area contributed by atoms with E-state index in [1.165, 1.54) is 5.57 Å². The number of ether oxygens (including phenoxy) is 1. The predicted octanol–water partition coefficient (Wildman–Crippen LogP) is 4.75. The minimum atomic E-state index is -0.434. The number of carbonyl (C=O) groups is 1. The number of halogens is 1. The van der Waals surface area contributed by atoms with Gasteiger partial charge in [-0.2, -0.15) is 0 Å². The fourth-order valence-corrected chi connectivity index (χ4v) is 2.37. The molecule has 0 atom stereocenters. The molecule has 1 heterocycles. The number of carbonyl (C=O) groups excluding carboxylic acids is 1. The van der Waals surface area contributed by atoms with Gasteiger partial charge in [-0.3, -0.25) is 0 Å². The van der Waals surface area contributed by atoms with Gasteiger partial charge in [0.1, 0.15) is 5.60 Å². The minimum absolute atomic E-state index is 0.215. The van der Waals surface area contributed by atoms with Crippen LogP contribution in [0.5, 0.6) is 0 Å². The molecule has 0 bridgehead atoms. The van der Waals surface area contributed by atoms with E-state index >= 15 is 0 Å². The zero-order chi connectivity index (χ0) is 15.5. The fourth-order valence-electron chi connectivity index (χ4n) is 2.24. The summed E-state index contributed by atoms with van der Waals surface area (Å²) in [5, 5.41) is 0.747. The largest absolute Gasteiger partial charge is 0.444 e. The van der Waals surface area contributed by atoms with Gasteiger partial charge in [-0.05, 0) is 51.3 Å². The fraction of sp³-hybridized carbons (Fsp3) is 0.471. The second kappa shape index (κ2) is 6.52. The predicted molar refractivity (Wildman–Crippen MR) is 86.5 cm³/mol. The quantitative estimate of drug-likeness (QED) is 0.749. The van der Waals surface area contributed by atoms with E-state index in [9.17, 15) is 4.79 Å². The standard InChI is InChI=1S/C17H22ClNO2/c1-17(2,3)21-16(20)19-10-8-14(9-11-19)12-13-4-6-15(18)7-5-13/h4-7,12H,8-11H2,1-3H3. The van der Waals surface area contributed by atoms with Crippen molar-refractivity contribution in [3.63, 3.8) is 0 Å². The summed E-state index contributed by atoms with van der Waals surface area (Å²) in [5.41, 5.74) is 2.08. The van der Waals surface area contributed by atoms with Crippen molar-refractivity contribution >= 4 is 23.8 Å². The number of piperidine rings is 1. The van der Waals surface area contributed by atoms with Crippen LogP contribution < -0.4 is 0 Å². The molecule has 2 rings (SSSR count). The summed E-state index contributed by atoms with van der Waals surface area (Å²) in [6.45, 7) is 7.10. The Kier molecular flexibility index (Phi) is 4.94. The maximum absolute atomic E-state index is 12.0. The maximum Gasteiger partial charge on any atom is 0.410 e. The molecule has 21 heavy (non-hydrogen) atoms. The van der Waals surface area contributed by atoms with E-state index in [1.807, 2.05) is 45.0 Å². The van der Waals surface area contributed by atoms with Crippen molar-refractivity contribution in [2.45, 2.75) is 39.2 Å². The Morgan fingerprint density at radius 1 is 1.19 bits per heavy atom. The first-order valence-corrected chi connectivity index (χ1v) is 7.64. The van der Waals surface area contributed by atoms with Crippen molar-refractivity contribution in [3.05, 3.63) is 40.4 Å². The van der Waals surface area contributed by atoms with Crippen molar-refractivity contribution in [2.24, 2.45) is 0 Å². The van der Waals surface area contributed by atoms with Crippen LogP contribution >= 0.6 is 11.6 Å². The topological polar surface area (TPSA) is 29.5 Å². The normalized spacial score (nSPS) is 15.8. The molecule has 1 aromatic carbocycles. The Bertz CT molecular complexity index is 519. The molecule has 0 unspecified atom stereocenters. The smallest absolute Gasteiger partial charge is 0.410 e. The lowest BCUT2D eigenvalue weighted by Gasteiger charge is -2.31. The summed E-state index contributed by atoms with van der Waals surface area (Å²) in [7, 11) is 0. The Morgan fingerprint density at radius 3 is 2.29 bits per heavy atom. The van der Waals surface area contributed by atoms with Crippen LogP contribution in [0.1, 0.15) is 39.2 Å². The summed E-state index contributed by atoms with van der Waals surface area (Å²) in [6, 6.07) is 7.80. The molecular weight excluding hydrogens is 286 g/mol. The number of hydrogen-bond acceptors (Lipinski definition) is 2. The highest BCUT2D eigenvalue weighted by Crippen LogP contribution is 2.22. The average molecular weight is 308 g/mol. The first-order chi connectivity index (χ1) is 9.83. The van der Waals surface area contributed by atoms with Crippen molar-refractivity contribution in [1.29, 1.82) is 0 Å². The van der Waals surface area contributed by atoms with E-state index in [-0.39, 0.29) is 6.09 Å². The Morgan fingerprint density at radius 2 is 1.76 bits per heavy atom. The van der Waals surface area contributed by atoms with Gasteiger partial charge in [-0.1, -0.05) is 35.4 Å². The molecule has 4 heteroatoms. The Balaban J connectivity index is 1.91. The zero-order valence-corrected chi connectivity index (χ0v) is 13.6. The van der Waals surface area contributed by atoms with Crippen LogP contribution in [0.25, 0.3) is 6.08 Å². The Hall–Kier alpha value is -1.48. The van der Waals surface area contributed by atoms with Crippen LogP contribution in [-0.4, -0.2) is 29.7 Å². The highest BCUT2D eigenvalue weighted by molar-refractivity contribution is 6.30. The molecule has 1 fully saturated rings. The zero-order valence-electron chi connectivity index (χ0n) is 12.9. The van der Waals surface area contributed by atoms with Crippen molar-refractivity contribution in [2.75, 3.05) is 13.1 Å². The van der Waals surface area contributed by atoms with E-state index in [0.29, 0.717) is 13.1 Å².